The Kier molecular flexibility index (Phi) is 4.24. The van der Waals surface area contributed by atoms with Gasteiger partial charge < -0.3 is 4.90 Å². The molecule has 1 heterocycles. The van der Waals surface area contributed by atoms with Crippen molar-refractivity contribution >= 4 is 43.1 Å². The Balaban J connectivity index is 2.21. The third kappa shape index (κ3) is 3.00. The Hall–Kier alpha value is -0.260. The van der Waals surface area contributed by atoms with Crippen LogP contribution >= 0.6 is 27.5 Å². The van der Waals surface area contributed by atoms with Gasteiger partial charge in [0.1, 0.15) is 0 Å². The van der Waals surface area contributed by atoms with Crippen LogP contribution in [-0.4, -0.2) is 33.0 Å². The maximum atomic E-state index is 11.5. The highest BCUT2D eigenvalue weighted by Gasteiger charge is 2.31. The predicted molar refractivity (Wildman–Crippen MR) is 79.2 cm³/mol. The van der Waals surface area contributed by atoms with Crippen LogP contribution in [0.4, 0.5) is 5.69 Å². The third-order valence-electron chi connectivity index (χ3n) is 3.30. The Bertz CT molecular complexity index is 547. The number of sulfone groups is 1. The second kappa shape index (κ2) is 5.39. The largest absolute Gasteiger partial charge is 0.370 e. The van der Waals surface area contributed by atoms with Gasteiger partial charge in [-0.2, -0.15) is 0 Å². The molecule has 3 nitrogen and oxygen atoms in total. The van der Waals surface area contributed by atoms with Gasteiger partial charge in [-0.25, -0.2) is 8.42 Å². The monoisotopic (exact) mass is 351 g/mol. The molecular formula is C12H15BrClNO2S. The molecule has 1 aliphatic rings. The Morgan fingerprint density at radius 1 is 1.50 bits per heavy atom. The first kappa shape index (κ1) is 14.2. The molecular weight excluding hydrogens is 338 g/mol. The average Bonchev–Trinajstić information content (AvgIpc) is 2.68. The maximum absolute atomic E-state index is 11.5. The standard InChI is InChI=1S/C12H15BrClNO2S/c1-15(10-4-5-18(16,17)8-10)12-3-2-9(7-14)6-11(12)13/h2-3,6,10H,4-5,7-8H2,1H3. The van der Waals surface area contributed by atoms with Crippen molar-refractivity contribution in [2.75, 3.05) is 23.5 Å². The molecule has 0 radical (unpaired) electrons. The van der Waals surface area contributed by atoms with E-state index in [2.05, 4.69) is 15.9 Å². The van der Waals surface area contributed by atoms with Gasteiger partial charge in [0.2, 0.25) is 0 Å². The van der Waals surface area contributed by atoms with E-state index < -0.39 is 9.84 Å². The minimum atomic E-state index is -2.85. The van der Waals surface area contributed by atoms with Gasteiger partial charge in [0, 0.05) is 23.4 Å². The molecule has 2 rings (SSSR count). The van der Waals surface area contributed by atoms with Crippen LogP contribution in [0.1, 0.15) is 12.0 Å². The van der Waals surface area contributed by atoms with Crippen molar-refractivity contribution in [3.05, 3.63) is 28.2 Å². The summed E-state index contributed by atoms with van der Waals surface area (Å²) in [5.41, 5.74) is 2.05. The van der Waals surface area contributed by atoms with E-state index in [0.717, 1.165) is 15.7 Å². The molecule has 0 bridgehead atoms. The molecule has 1 aliphatic heterocycles. The summed E-state index contributed by atoms with van der Waals surface area (Å²) in [5, 5.41) is 0. The summed E-state index contributed by atoms with van der Waals surface area (Å²) < 4.78 is 24.0. The second-order valence-electron chi connectivity index (χ2n) is 4.59. The van der Waals surface area contributed by atoms with Crippen molar-refractivity contribution in [3.63, 3.8) is 0 Å². The first-order valence-electron chi connectivity index (χ1n) is 5.70. The molecule has 0 aliphatic carbocycles. The van der Waals surface area contributed by atoms with Crippen molar-refractivity contribution in [1.29, 1.82) is 0 Å². The van der Waals surface area contributed by atoms with Crippen molar-refractivity contribution in [2.24, 2.45) is 0 Å². The predicted octanol–water partition coefficient (Wildman–Crippen LogP) is 2.81. The number of hydrogen-bond donors (Lipinski definition) is 0. The van der Waals surface area contributed by atoms with Crippen molar-refractivity contribution in [3.8, 4) is 0 Å². The molecule has 1 unspecified atom stereocenters. The summed E-state index contributed by atoms with van der Waals surface area (Å²) in [4.78, 5) is 2.03. The van der Waals surface area contributed by atoms with Gasteiger partial charge in [0.05, 0.1) is 17.2 Å². The molecule has 1 saturated heterocycles. The van der Waals surface area contributed by atoms with Crippen LogP contribution in [-0.2, 0) is 15.7 Å². The van der Waals surface area contributed by atoms with Gasteiger partial charge in [0.25, 0.3) is 0 Å². The van der Waals surface area contributed by atoms with E-state index in [4.69, 9.17) is 11.6 Å². The number of hydrogen-bond acceptors (Lipinski definition) is 3. The highest BCUT2D eigenvalue weighted by Crippen LogP contribution is 2.30. The molecule has 1 aromatic carbocycles. The molecule has 0 spiro atoms. The van der Waals surface area contributed by atoms with Crippen LogP contribution in [0.3, 0.4) is 0 Å². The summed E-state index contributed by atoms with van der Waals surface area (Å²) in [6.45, 7) is 0. The maximum Gasteiger partial charge on any atom is 0.152 e. The first-order valence-corrected chi connectivity index (χ1v) is 8.85. The SMILES string of the molecule is CN(c1ccc(CCl)cc1Br)C1CCS(=O)(=O)C1. The van der Waals surface area contributed by atoms with Gasteiger partial charge in [-0.05, 0) is 40.0 Å². The number of benzene rings is 1. The van der Waals surface area contributed by atoms with Crippen LogP contribution in [0, 0.1) is 0 Å². The zero-order valence-electron chi connectivity index (χ0n) is 10.1. The molecule has 6 heteroatoms. The van der Waals surface area contributed by atoms with Crippen molar-refractivity contribution in [2.45, 2.75) is 18.3 Å². The van der Waals surface area contributed by atoms with Crippen LogP contribution in [0.2, 0.25) is 0 Å². The van der Waals surface area contributed by atoms with Crippen molar-refractivity contribution in [1.82, 2.24) is 0 Å². The molecule has 0 saturated carbocycles. The van der Waals surface area contributed by atoms with E-state index >= 15 is 0 Å². The van der Waals surface area contributed by atoms with E-state index in [1.54, 1.807) is 0 Å². The van der Waals surface area contributed by atoms with E-state index in [1.807, 2.05) is 30.1 Å². The van der Waals surface area contributed by atoms with E-state index in [1.165, 1.54) is 0 Å². The Labute approximate surface area is 121 Å². The lowest BCUT2D eigenvalue weighted by Crippen LogP contribution is -2.32. The first-order chi connectivity index (χ1) is 8.43. The molecule has 18 heavy (non-hydrogen) atoms. The van der Waals surface area contributed by atoms with Gasteiger partial charge in [-0.15, -0.1) is 11.6 Å². The molecule has 0 aromatic heterocycles. The zero-order valence-corrected chi connectivity index (χ0v) is 13.2. The summed E-state index contributed by atoms with van der Waals surface area (Å²) in [6.07, 6.45) is 0.697. The number of alkyl halides is 1. The fraction of sp³-hybridized carbons (Fsp3) is 0.500. The average molecular weight is 353 g/mol. The third-order valence-corrected chi connectivity index (χ3v) is 6.00. The normalized spacial score (nSPS) is 22.1. The van der Waals surface area contributed by atoms with Gasteiger partial charge in [-0.3, -0.25) is 0 Å². The molecule has 1 atom stereocenters. The molecule has 1 fully saturated rings. The summed E-state index contributed by atoms with van der Waals surface area (Å²) in [6, 6.07) is 5.98. The van der Waals surface area contributed by atoms with Gasteiger partial charge >= 0.3 is 0 Å². The highest BCUT2D eigenvalue weighted by molar-refractivity contribution is 9.10. The lowest BCUT2D eigenvalue weighted by Gasteiger charge is -2.27. The quantitative estimate of drug-likeness (QED) is 0.785. The molecule has 1 aromatic rings. The molecule has 0 amide bonds. The lowest BCUT2D eigenvalue weighted by molar-refractivity contribution is 0.601. The second-order valence-corrected chi connectivity index (χ2v) is 7.94. The zero-order chi connectivity index (χ0) is 13.3. The van der Waals surface area contributed by atoms with Gasteiger partial charge in [0.15, 0.2) is 9.84 Å². The number of halogens is 2. The summed E-state index contributed by atoms with van der Waals surface area (Å²) in [5.74, 6) is 1.01. The number of nitrogens with zero attached hydrogens (tertiary/aromatic N) is 1. The van der Waals surface area contributed by atoms with Crippen molar-refractivity contribution < 1.29 is 8.42 Å². The topological polar surface area (TPSA) is 37.4 Å². The summed E-state index contributed by atoms with van der Waals surface area (Å²) >= 11 is 9.30. The number of rotatable bonds is 3. The van der Waals surface area contributed by atoms with E-state index in [0.29, 0.717) is 18.1 Å². The van der Waals surface area contributed by atoms with Crippen LogP contribution < -0.4 is 4.90 Å². The van der Waals surface area contributed by atoms with Crippen LogP contribution in [0.15, 0.2) is 22.7 Å². The van der Waals surface area contributed by atoms with E-state index in [9.17, 15) is 8.42 Å². The fourth-order valence-electron chi connectivity index (χ4n) is 2.20. The minimum absolute atomic E-state index is 0.0631. The minimum Gasteiger partial charge on any atom is -0.370 e. The summed E-state index contributed by atoms with van der Waals surface area (Å²) in [7, 11) is -0.916. The molecule has 0 N–H and O–H groups in total. The molecule has 100 valence electrons. The van der Waals surface area contributed by atoms with E-state index in [-0.39, 0.29) is 11.8 Å². The highest BCUT2D eigenvalue weighted by atomic mass is 79.9. The Morgan fingerprint density at radius 3 is 2.72 bits per heavy atom. The number of anilines is 1. The van der Waals surface area contributed by atoms with Crippen LogP contribution in [0.25, 0.3) is 0 Å². The van der Waals surface area contributed by atoms with Gasteiger partial charge in [-0.1, -0.05) is 6.07 Å². The smallest absolute Gasteiger partial charge is 0.152 e. The fourth-order valence-corrected chi connectivity index (χ4v) is 4.84. The Morgan fingerprint density at radius 2 is 2.22 bits per heavy atom. The lowest BCUT2D eigenvalue weighted by atomic mass is 10.1. The van der Waals surface area contributed by atoms with Crippen LogP contribution in [0.5, 0.6) is 0 Å².